The molecule has 3 aromatic rings. The first-order valence-electron chi connectivity index (χ1n) is 11.0. The Bertz CT molecular complexity index is 1060. The van der Waals surface area contributed by atoms with E-state index in [4.69, 9.17) is 0 Å². The number of amides is 4. The van der Waals surface area contributed by atoms with Gasteiger partial charge in [0.05, 0.1) is 6.42 Å². The zero-order valence-electron chi connectivity index (χ0n) is 18.2. The number of benzene rings is 2. The maximum atomic E-state index is 13.6. The van der Waals surface area contributed by atoms with Crippen molar-refractivity contribution in [1.82, 2.24) is 20.5 Å². The number of unbranched alkanes of at least 4 members (excludes halogenated alkanes) is 1. The zero-order valence-corrected chi connectivity index (χ0v) is 18.2. The fraction of sp³-hybridized carbons (Fsp3) is 0.231. The second-order valence-corrected chi connectivity index (χ2v) is 7.96. The second kappa shape index (κ2) is 10.1. The standard InChI is InChI=1S/C26H26N4O3/c31-23(19-20-13-16-27-17-14-20)28-15-7-8-18-30-24(32)26(29-25(30)33,21-9-3-1-4-10-21)22-11-5-2-6-12-22/h1-6,9-14,16-17H,7-8,15,18-19H2,(H,28,31)(H,29,33). The molecule has 0 atom stereocenters. The summed E-state index contributed by atoms with van der Waals surface area (Å²) in [6.07, 6.45) is 4.86. The van der Waals surface area contributed by atoms with Gasteiger partial charge in [-0.05, 0) is 41.7 Å². The summed E-state index contributed by atoms with van der Waals surface area (Å²) >= 11 is 0. The number of imide groups is 1. The molecule has 0 bridgehead atoms. The molecule has 33 heavy (non-hydrogen) atoms. The molecule has 168 valence electrons. The van der Waals surface area contributed by atoms with E-state index in [9.17, 15) is 14.4 Å². The van der Waals surface area contributed by atoms with Gasteiger partial charge in [0.2, 0.25) is 5.91 Å². The Kier molecular flexibility index (Phi) is 6.78. The molecule has 2 N–H and O–H groups in total. The molecule has 1 saturated heterocycles. The molecular formula is C26H26N4O3. The predicted molar refractivity (Wildman–Crippen MR) is 124 cm³/mol. The van der Waals surface area contributed by atoms with Crippen LogP contribution in [-0.4, -0.2) is 40.8 Å². The van der Waals surface area contributed by atoms with E-state index in [1.165, 1.54) is 4.90 Å². The van der Waals surface area contributed by atoms with Crippen molar-refractivity contribution in [2.75, 3.05) is 13.1 Å². The highest BCUT2D eigenvalue weighted by molar-refractivity contribution is 6.09. The fourth-order valence-corrected chi connectivity index (χ4v) is 4.08. The van der Waals surface area contributed by atoms with Crippen LogP contribution in [-0.2, 0) is 21.5 Å². The minimum atomic E-state index is -1.24. The van der Waals surface area contributed by atoms with E-state index in [2.05, 4.69) is 15.6 Å². The fourth-order valence-electron chi connectivity index (χ4n) is 4.08. The van der Waals surface area contributed by atoms with Crippen LogP contribution < -0.4 is 10.6 Å². The van der Waals surface area contributed by atoms with E-state index in [0.29, 0.717) is 25.8 Å². The molecule has 2 aromatic carbocycles. The summed E-state index contributed by atoms with van der Waals surface area (Å²) in [5.41, 5.74) is 1.11. The van der Waals surface area contributed by atoms with Gasteiger partial charge in [-0.2, -0.15) is 0 Å². The summed E-state index contributed by atoms with van der Waals surface area (Å²) in [6, 6.07) is 21.8. The van der Waals surface area contributed by atoms with Crippen molar-refractivity contribution in [3.05, 3.63) is 102 Å². The molecule has 0 radical (unpaired) electrons. The topological polar surface area (TPSA) is 91.4 Å². The summed E-state index contributed by atoms with van der Waals surface area (Å²) in [7, 11) is 0. The van der Waals surface area contributed by atoms with E-state index in [1.807, 2.05) is 72.8 Å². The number of aromatic nitrogens is 1. The summed E-state index contributed by atoms with van der Waals surface area (Å²) < 4.78 is 0. The third kappa shape index (κ3) is 4.77. The van der Waals surface area contributed by atoms with Crippen LogP contribution in [0.3, 0.4) is 0 Å². The summed E-state index contributed by atoms with van der Waals surface area (Å²) in [4.78, 5) is 43.7. The molecule has 0 spiro atoms. The number of carbonyl (C=O) groups excluding carboxylic acids is 3. The summed E-state index contributed by atoms with van der Waals surface area (Å²) in [6.45, 7) is 0.766. The van der Waals surface area contributed by atoms with Crippen molar-refractivity contribution >= 4 is 17.8 Å². The Morgan fingerprint density at radius 2 is 1.48 bits per heavy atom. The normalized spacial score (nSPS) is 14.7. The molecule has 1 aliphatic rings. The summed E-state index contributed by atoms with van der Waals surface area (Å²) in [5, 5.41) is 5.83. The Hall–Kier alpha value is -4.00. The monoisotopic (exact) mass is 442 g/mol. The van der Waals surface area contributed by atoms with Gasteiger partial charge < -0.3 is 10.6 Å². The Balaban J connectivity index is 1.37. The molecule has 2 heterocycles. The van der Waals surface area contributed by atoms with Crippen molar-refractivity contribution in [2.45, 2.75) is 24.8 Å². The van der Waals surface area contributed by atoms with Crippen molar-refractivity contribution in [3.63, 3.8) is 0 Å². The van der Waals surface area contributed by atoms with Crippen LogP contribution in [0.1, 0.15) is 29.5 Å². The highest BCUT2D eigenvalue weighted by Crippen LogP contribution is 2.36. The minimum Gasteiger partial charge on any atom is -0.356 e. The van der Waals surface area contributed by atoms with Crippen LogP contribution in [0.5, 0.6) is 0 Å². The lowest BCUT2D eigenvalue weighted by Crippen LogP contribution is -2.45. The molecule has 4 rings (SSSR count). The lowest BCUT2D eigenvalue weighted by Gasteiger charge is -2.28. The van der Waals surface area contributed by atoms with Gasteiger partial charge in [0.25, 0.3) is 5.91 Å². The number of rotatable bonds is 9. The molecule has 0 unspecified atom stereocenters. The quantitative estimate of drug-likeness (QED) is 0.394. The lowest BCUT2D eigenvalue weighted by molar-refractivity contribution is -0.130. The van der Waals surface area contributed by atoms with Crippen LogP contribution in [0.2, 0.25) is 0 Å². The minimum absolute atomic E-state index is 0.0663. The average Bonchev–Trinajstić information content (AvgIpc) is 3.11. The Labute approximate surface area is 192 Å². The third-order valence-corrected chi connectivity index (χ3v) is 5.76. The number of nitrogens with one attached hydrogen (secondary N) is 2. The number of pyridine rings is 1. The van der Waals surface area contributed by atoms with E-state index in [1.54, 1.807) is 12.4 Å². The highest BCUT2D eigenvalue weighted by Gasteiger charge is 2.53. The van der Waals surface area contributed by atoms with Crippen LogP contribution in [0.4, 0.5) is 4.79 Å². The molecule has 1 aromatic heterocycles. The highest BCUT2D eigenvalue weighted by atomic mass is 16.2. The van der Waals surface area contributed by atoms with E-state index >= 15 is 0 Å². The molecule has 7 nitrogen and oxygen atoms in total. The maximum absolute atomic E-state index is 13.6. The van der Waals surface area contributed by atoms with Gasteiger partial charge >= 0.3 is 6.03 Å². The smallest absolute Gasteiger partial charge is 0.325 e. The maximum Gasteiger partial charge on any atom is 0.325 e. The molecular weight excluding hydrogens is 416 g/mol. The second-order valence-electron chi connectivity index (χ2n) is 7.96. The molecule has 4 amide bonds. The van der Waals surface area contributed by atoms with E-state index in [-0.39, 0.29) is 18.4 Å². The lowest BCUT2D eigenvalue weighted by atomic mass is 9.82. The van der Waals surface area contributed by atoms with Crippen LogP contribution in [0.15, 0.2) is 85.2 Å². The van der Waals surface area contributed by atoms with Crippen molar-refractivity contribution in [1.29, 1.82) is 0 Å². The zero-order chi connectivity index (χ0) is 23.1. The van der Waals surface area contributed by atoms with Crippen LogP contribution >= 0.6 is 0 Å². The number of nitrogens with zero attached hydrogens (tertiary/aromatic N) is 2. The van der Waals surface area contributed by atoms with E-state index in [0.717, 1.165) is 16.7 Å². The van der Waals surface area contributed by atoms with E-state index < -0.39 is 11.6 Å². The number of hydrogen-bond donors (Lipinski definition) is 2. The first kappa shape index (κ1) is 22.2. The predicted octanol–water partition coefficient (Wildman–Crippen LogP) is 3.02. The largest absolute Gasteiger partial charge is 0.356 e. The van der Waals surface area contributed by atoms with Gasteiger partial charge in [0, 0.05) is 25.5 Å². The SMILES string of the molecule is O=C(Cc1ccncc1)NCCCCN1C(=O)NC(c2ccccc2)(c2ccccc2)C1=O. The molecule has 7 heteroatoms. The first-order chi connectivity index (χ1) is 16.1. The van der Waals surface area contributed by atoms with Crippen LogP contribution in [0, 0.1) is 0 Å². The van der Waals surface area contributed by atoms with Crippen molar-refractivity contribution in [3.8, 4) is 0 Å². The number of urea groups is 1. The Morgan fingerprint density at radius 3 is 2.09 bits per heavy atom. The molecule has 1 aliphatic heterocycles. The number of hydrogen-bond acceptors (Lipinski definition) is 4. The van der Waals surface area contributed by atoms with Gasteiger partial charge in [-0.1, -0.05) is 60.7 Å². The van der Waals surface area contributed by atoms with Gasteiger partial charge in [0.15, 0.2) is 5.54 Å². The van der Waals surface area contributed by atoms with Gasteiger partial charge in [-0.15, -0.1) is 0 Å². The van der Waals surface area contributed by atoms with Gasteiger partial charge in [-0.3, -0.25) is 19.5 Å². The first-order valence-corrected chi connectivity index (χ1v) is 11.0. The molecule has 1 fully saturated rings. The molecule has 0 saturated carbocycles. The van der Waals surface area contributed by atoms with Crippen LogP contribution in [0.25, 0.3) is 0 Å². The van der Waals surface area contributed by atoms with Crippen molar-refractivity contribution in [2.24, 2.45) is 0 Å². The molecule has 0 aliphatic carbocycles. The third-order valence-electron chi connectivity index (χ3n) is 5.76. The number of carbonyl (C=O) groups is 3. The van der Waals surface area contributed by atoms with Crippen molar-refractivity contribution < 1.29 is 14.4 Å². The van der Waals surface area contributed by atoms with Gasteiger partial charge in [-0.25, -0.2) is 4.79 Å². The van der Waals surface area contributed by atoms with Gasteiger partial charge in [0.1, 0.15) is 0 Å². The summed E-state index contributed by atoms with van der Waals surface area (Å²) in [5.74, 6) is -0.352. The average molecular weight is 443 g/mol. The Morgan fingerprint density at radius 1 is 0.879 bits per heavy atom.